The Labute approximate surface area is 103 Å². The molecule has 96 valence electrons. The van der Waals surface area contributed by atoms with Crippen LogP contribution in [0.25, 0.3) is 0 Å². The molecule has 1 unspecified atom stereocenters. The highest BCUT2D eigenvalue weighted by molar-refractivity contribution is 5.97. The number of nitrogens with two attached hydrogens (primary N) is 1. The van der Waals surface area contributed by atoms with Gasteiger partial charge in [-0.15, -0.1) is 0 Å². The summed E-state index contributed by atoms with van der Waals surface area (Å²) in [5, 5.41) is 10.6. The summed E-state index contributed by atoms with van der Waals surface area (Å²) in [6.45, 7) is 2.68. The lowest BCUT2D eigenvalue weighted by Gasteiger charge is -2.13. The van der Waals surface area contributed by atoms with Crippen molar-refractivity contribution >= 4 is 17.4 Å². The topological polar surface area (TPSA) is 113 Å². The third-order valence-corrected chi connectivity index (χ3v) is 2.26. The third kappa shape index (κ3) is 3.03. The van der Waals surface area contributed by atoms with Gasteiger partial charge in [-0.05, 0) is 19.9 Å². The normalized spacial score (nSPS) is 11.7. The standard InChI is InChI=1S/C11H12N2O5/c1-6(14)9-5-8(13(16)17)3-4-10(9)18-7(2)11(12)15/h3-5,7H,1-2H3,(H2,12,15). The van der Waals surface area contributed by atoms with Gasteiger partial charge in [0.1, 0.15) is 5.75 Å². The van der Waals surface area contributed by atoms with E-state index in [1.807, 2.05) is 0 Å². The molecule has 0 fully saturated rings. The largest absolute Gasteiger partial charge is 0.480 e. The monoisotopic (exact) mass is 252 g/mol. The Bertz CT molecular complexity index is 512. The van der Waals surface area contributed by atoms with E-state index in [1.54, 1.807) is 0 Å². The first-order chi connectivity index (χ1) is 8.32. The number of nitro benzene ring substituents is 1. The lowest BCUT2D eigenvalue weighted by molar-refractivity contribution is -0.384. The Kier molecular flexibility index (Phi) is 3.98. The molecule has 7 nitrogen and oxygen atoms in total. The second-order valence-corrected chi connectivity index (χ2v) is 3.66. The molecule has 1 aromatic rings. The number of primary amides is 1. The highest BCUT2D eigenvalue weighted by Crippen LogP contribution is 2.25. The van der Waals surface area contributed by atoms with Gasteiger partial charge < -0.3 is 10.5 Å². The van der Waals surface area contributed by atoms with Crippen LogP contribution in [-0.4, -0.2) is 22.7 Å². The molecule has 0 bridgehead atoms. The smallest absolute Gasteiger partial charge is 0.270 e. The minimum absolute atomic E-state index is 0.0392. The van der Waals surface area contributed by atoms with Crippen LogP contribution in [0.15, 0.2) is 18.2 Å². The van der Waals surface area contributed by atoms with Gasteiger partial charge in [0.05, 0.1) is 10.5 Å². The van der Waals surface area contributed by atoms with Gasteiger partial charge in [-0.1, -0.05) is 0 Å². The SMILES string of the molecule is CC(=O)c1cc([N+](=O)[O-])ccc1OC(C)C(N)=O. The van der Waals surface area contributed by atoms with E-state index in [2.05, 4.69) is 0 Å². The number of ether oxygens (including phenoxy) is 1. The lowest BCUT2D eigenvalue weighted by Crippen LogP contribution is -2.31. The number of benzene rings is 1. The predicted octanol–water partition coefficient (Wildman–Crippen LogP) is 1.05. The minimum atomic E-state index is -0.926. The van der Waals surface area contributed by atoms with Crippen LogP contribution in [0.3, 0.4) is 0 Å². The van der Waals surface area contributed by atoms with Gasteiger partial charge >= 0.3 is 0 Å². The maximum absolute atomic E-state index is 11.4. The number of amides is 1. The highest BCUT2D eigenvalue weighted by Gasteiger charge is 2.18. The first-order valence-corrected chi connectivity index (χ1v) is 5.08. The van der Waals surface area contributed by atoms with E-state index in [9.17, 15) is 19.7 Å². The van der Waals surface area contributed by atoms with Gasteiger partial charge in [-0.25, -0.2) is 0 Å². The molecule has 1 aromatic carbocycles. The third-order valence-electron chi connectivity index (χ3n) is 2.26. The van der Waals surface area contributed by atoms with E-state index in [0.29, 0.717) is 0 Å². The molecule has 0 spiro atoms. The molecule has 0 aliphatic rings. The fraction of sp³-hybridized carbons (Fsp3) is 0.273. The Hall–Kier alpha value is -2.44. The molecule has 0 aromatic heterocycles. The molecule has 1 atom stereocenters. The summed E-state index contributed by atoms with van der Waals surface area (Å²) in [4.78, 5) is 32.2. The van der Waals surface area contributed by atoms with Gasteiger partial charge in [0.25, 0.3) is 11.6 Å². The van der Waals surface area contributed by atoms with Crippen molar-refractivity contribution in [2.75, 3.05) is 0 Å². The molecule has 0 aliphatic carbocycles. The summed E-state index contributed by atoms with van der Waals surface area (Å²) < 4.78 is 5.18. The second kappa shape index (κ2) is 5.26. The van der Waals surface area contributed by atoms with Gasteiger partial charge in [0.2, 0.25) is 0 Å². The van der Waals surface area contributed by atoms with Crippen LogP contribution in [0.5, 0.6) is 5.75 Å². The number of carbonyl (C=O) groups is 2. The Morgan fingerprint density at radius 1 is 1.44 bits per heavy atom. The average Bonchev–Trinajstić information content (AvgIpc) is 2.28. The predicted molar refractivity (Wildman–Crippen MR) is 62.4 cm³/mol. The Morgan fingerprint density at radius 2 is 2.06 bits per heavy atom. The maximum atomic E-state index is 11.4. The van der Waals surface area contributed by atoms with Crippen LogP contribution < -0.4 is 10.5 Å². The van der Waals surface area contributed by atoms with E-state index in [0.717, 1.165) is 6.07 Å². The molecule has 0 saturated carbocycles. The number of hydrogen-bond acceptors (Lipinski definition) is 5. The molecule has 1 amide bonds. The molecule has 0 heterocycles. The number of hydrogen-bond donors (Lipinski definition) is 1. The van der Waals surface area contributed by atoms with Gasteiger partial charge in [0, 0.05) is 12.1 Å². The van der Waals surface area contributed by atoms with Gasteiger partial charge in [-0.2, -0.15) is 0 Å². The molecular formula is C11H12N2O5. The molecular weight excluding hydrogens is 240 g/mol. The van der Waals surface area contributed by atoms with Gasteiger partial charge in [-0.3, -0.25) is 19.7 Å². The summed E-state index contributed by atoms with van der Waals surface area (Å²) in [5.74, 6) is -0.993. The molecule has 2 N–H and O–H groups in total. The van der Waals surface area contributed by atoms with E-state index in [-0.39, 0.29) is 17.0 Å². The van der Waals surface area contributed by atoms with E-state index < -0.39 is 22.7 Å². The number of ketones is 1. The van der Waals surface area contributed by atoms with E-state index in [4.69, 9.17) is 10.5 Å². The molecule has 0 saturated heterocycles. The quantitative estimate of drug-likeness (QED) is 0.478. The molecule has 0 aliphatic heterocycles. The first-order valence-electron chi connectivity index (χ1n) is 5.08. The summed E-state index contributed by atoms with van der Waals surface area (Å²) in [7, 11) is 0. The summed E-state index contributed by atoms with van der Waals surface area (Å²) in [6, 6.07) is 3.56. The van der Waals surface area contributed by atoms with Crippen molar-refractivity contribution in [2.24, 2.45) is 5.73 Å². The van der Waals surface area contributed by atoms with E-state index in [1.165, 1.54) is 26.0 Å². The second-order valence-electron chi connectivity index (χ2n) is 3.66. The fourth-order valence-corrected chi connectivity index (χ4v) is 1.26. The van der Waals surface area contributed by atoms with Crippen molar-refractivity contribution < 1.29 is 19.2 Å². The summed E-state index contributed by atoms with van der Waals surface area (Å²) in [6.07, 6.45) is -0.926. The molecule has 18 heavy (non-hydrogen) atoms. The minimum Gasteiger partial charge on any atom is -0.480 e. The summed E-state index contributed by atoms with van der Waals surface area (Å²) >= 11 is 0. The number of rotatable bonds is 5. The fourth-order valence-electron chi connectivity index (χ4n) is 1.26. The van der Waals surface area contributed by atoms with Crippen LogP contribution in [-0.2, 0) is 4.79 Å². The maximum Gasteiger partial charge on any atom is 0.270 e. The van der Waals surface area contributed by atoms with Crippen molar-refractivity contribution in [2.45, 2.75) is 20.0 Å². The van der Waals surface area contributed by atoms with Gasteiger partial charge in [0.15, 0.2) is 11.9 Å². The first kappa shape index (κ1) is 13.6. The van der Waals surface area contributed by atoms with Crippen LogP contribution >= 0.6 is 0 Å². The van der Waals surface area contributed by atoms with E-state index >= 15 is 0 Å². The van der Waals surface area contributed by atoms with Crippen molar-refractivity contribution in [3.63, 3.8) is 0 Å². The zero-order valence-corrected chi connectivity index (χ0v) is 9.88. The number of Topliss-reactive ketones (excluding diaryl/α,β-unsaturated/α-hetero) is 1. The van der Waals surface area contributed by atoms with Crippen LogP contribution in [0.4, 0.5) is 5.69 Å². The van der Waals surface area contributed by atoms with Crippen LogP contribution in [0.1, 0.15) is 24.2 Å². The highest BCUT2D eigenvalue weighted by atomic mass is 16.6. The number of non-ortho nitro benzene ring substituents is 1. The van der Waals surface area contributed by atoms with Crippen molar-refractivity contribution in [3.05, 3.63) is 33.9 Å². The molecule has 1 rings (SSSR count). The lowest BCUT2D eigenvalue weighted by atomic mass is 10.1. The molecule has 0 radical (unpaired) electrons. The number of nitrogens with zero attached hydrogens (tertiary/aromatic N) is 1. The zero-order valence-electron chi connectivity index (χ0n) is 9.88. The average molecular weight is 252 g/mol. The van der Waals surface area contributed by atoms with Crippen LogP contribution in [0.2, 0.25) is 0 Å². The Morgan fingerprint density at radius 3 is 2.50 bits per heavy atom. The molecule has 7 heteroatoms. The zero-order chi connectivity index (χ0) is 13.9. The van der Waals surface area contributed by atoms with Crippen molar-refractivity contribution in [3.8, 4) is 5.75 Å². The number of carbonyl (C=O) groups excluding carboxylic acids is 2. The summed E-state index contributed by atoms with van der Waals surface area (Å²) in [5.41, 5.74) is 4.85. The van der Waals surface area contributed by atoms with Crippen LogP contribution in [0, 0.1) is 10.1 Å². The Balaban J connectivity index is 3.16. The number of nitro groups is 1. The van der Waals surface area contributed by atoms with Crippen molar-refractivity contribution in [1.29, 1.82) is 0 Å². The van der Waals surface area contributed by atoms with Crippen molar-refractivity contribution in [1.82, 2.24) is 0 Å².